The minimum absolute atomic E-state index is 0.0116. The molecule has 12 nitrogen and oxygen atoms in total. The number of likely N-dealkylation sites (tertiary alicyclic amines) is 1. The first-order valence-corrected chi connectivity index (χ1v) is 12.8. The summed E-state index contributed by atoms with van der Waals surface area (Å²) in [6, 6.07) is 8.45. The minimum Gasteiger partial charge on any atom is -0.427 e. The van der Waals surface area contributed by atoms with E-state index in [0.717, 1.165) is 36.1 Å². The van der Waals surface area contributed by atoms with Crippen molar-refractivity contribution < 1.29 is 27.4 Å². The molecule has 13 heteroatoms. The number of anilines is 2. The predicted octanol–water partition coefficient (Wildman–Crippen LogP) is 3.19. The molecule has 0 unspecified atom stereocenters. The zero-order chi connectivity index (χ0) is 25.3. The van der Waals surface area contributed by atoms with E-state index < -0.39 is 16.1 Å². The monoisotopic (exact) mass is 503 g/mol. The van der Waals surface area contributed by atoms with Crippen LogP contribution in [-0.4, -0.2) is 64.4 Å². The number of fused-ring (bicyclic) bond motifs is 2. The molecule has 186 valence electrons. The van der Waals surface area contributed by atoms with Crippen molar-refractivity contribution in [3.8, 4) is 17.0 Å². The van der Waals surface area contributed by atoms with Gasteiger partial charge in [-0.25, -0.2) is 0 Å². The molecule has 0 bridgehead atoms. The topological polar surface area (TPSA) is 157 Å². The molecular formula is C22H25N5O7S. The lowest BCUT2D eigenvalue weighted by atomic mass is 9.99. The fourth-order valence-electron chi connectivity index (χ4n) is 4.33. The Kier molecular flexibility index (Phi) is 6.74. The van der Waals surface area contributed by atoms with Gasteiger partial charge in [0, 0.05) is 30.8 Å². The van der Waals surface area contributed by atoms with Crippen molar-refractivity contribution in [2.24, 2.45) is 0 Å². The van der Waals surface area contributed by atoms with Gasteiger partial charge in [0.1, 0.15) is 17.1 Å². The van der Waals surface area contributed by atoms with Crippen LogP contribution in [0.1, 0.15) is 19.8 Å². The fourth-order valence-corrected chi connectivity index (χ4v) is 4.33. The summed E-state index contributed by atoms with van der Waals surface area (Å²) in [5, 5.41) is 20.4. The molecule has 1 aromatic heterocycles. The van der Waals surface area contributed by atoms with Crippen LogP contribution in [0.15, 0.2) is 30.3 Å². The van der Waals surface area contributed by atoms with Gasteiger partial charge in [0.15, 0.2) is 0 Å². The van der Waals surface area contributed by atoms with E-state index in [1.54, 1.807) is 24.3 Å². The molecule has 0 saturated carbocycles. The Morgan fingerprint density at radius 2 is 1.91 bits per heavy atom. The maximum Gasteiger partial charge on any atom is 0.308 e. The lowest BCUT2D eigenvalue weighted by Crippen LogP contribution is -2.24. The van der Waals surface area contributed by atoms with Gasteiger partial charge < -0.3 is 15.0 Å². The summed E-state index contributed by atoms with van der Waals surface area (Å²) in [5.41, 5.74) is 3.42. The molecule has 0 amide bonds. The van der Waals surface area contributed by atoms with E-state index in [0.29, 0.717) is 35.6 Å². The van der Waals surface area contributed by atoms with Gasteiger partial charge >= 0.3 is 5.97 Å². The van der Waals surface area contributed by atoms with Crippen LogP contribution in [-0.2, 0) is 21.5 Å². The number of nitrogens with one attached hydrogen (secondary N) is 1. The molecule has 1 fully saturated rings. The number of carbonyl (C=O) groups is 1. The molecule has 2 aliphatic heterocycles. The van der Waals surface area contributed by atoms with Crippen molar-refractivity contribution in [3.63, 3.8) is 0 Å². The number of rotatable bonds is 5. The van der Waals surface area contributed by atoms with E-state index in [4.69, 9.17) is 14.4 Å². The second-order valence-electron chi connectivity index (χ2n) is 8.39. The van der Waals surface area contributed by atoms with Crippen LogP contribution in [0.25, 0.3) is 22.2 Å². The molecule has 2 aromatic carbocycles. The van der Waals surface area contributed by atoms with Crippen LogP contribution >= 0.6 is 0 Å². The van der Waals surface area contributed by atoms with Crippen molar-refractivity contribution in [1.29, 1.82) is 0 Å². The van der Waals surface area contributed by atoms with E-state index in [9.17, 15) is 23.3 Å². The third kappa shape index (κ3) is 5.58. The number of nitro groups is 1. The first kappa shape index (κ1) is 24.6. The van der Waals surface area contributed by atoms with Crippen molar-refractivity contribution in [2.45, 2.75) is 26.3 Å². The van der Waals surface area contributed by atoms with E-state index in [1.807, 2.05) is 4.68 Å². The maximum absolute atomic E-state index is 11.6. The summed E-state index contributed by atoms with van der Waals surface area (Å²) >= 11 is 0. The standard InChI is InChI=1S/C21H21N5O4.CH4O3S/c1-13(27)30-14-4-5-16-15(12-14)20-19-17(6-7-18(26(28)29)21(19)22-16)25(23-20)11-10-24-8-2-3-9-24;1-5(2,3)4/h4-7,12,22H,2-3,8-11H2,1H3;1H3,(H,2,3,4). The SMILES string of the molecule is CC(=O)Oc1ccc2c(c1)-c1nn(CCN3CCCC3)c3ccc([N+](=O)[O-])c(c13)N2.CS(=O)(=O)O. The molecule has 0 atom stereocenters. The summed E-state index contributed by atoms with van der Waals surface area (Å²) in [6.45, 7) is 5.13. The van der Waals surface area contributed by atoms with E-state index in [-0.39, 0.29) is 10.6 Å². The third-order valence-corrected chi connectivity index (χ3v) is 5.69. The van der Waals surface area contributed by atoms with Crippen LogP contribution in [0.5, 0.6) is 5.75 Å². The maximum atomic E-state index is 11.6. The molecule has 3 heterocycles. The molecule has 2 N–H and O–H groups in total. The summed E-state index contributed by atoms with van der Waals surface area (Å²) in [6.07, 6.45) is 3.16. The number of benzene rings is 2. The lowest BCUT2D eigenvalue weighted by molar-refractivity contribution is -0.383. The number of esters is 1. The molecule has 0 spiro atoms. The van der Waals surface area contributed by atoms with Gasteiger partial charge in [0.2, 0.25) is 0 Å². The summed E-state index contributed by atoms with van der Waals surface area (Å²) in [7, 11) is -3.67. The number of ether oxygens (including phenoxy) is 1. The van der Waals surface area contributed by atoms with E-state index in [2.05, 4.69) is 10.2 Å². The van der Waals surface area contributed by atoms with Crippen LogP contribution in [0.2, 0.25) is 0 Å². The largest absolute Gasteiger partial charge is 0.427 e. The number of hydrogen-bond acceptors (Lipinski definition) is 9. The molecule has 0 radical (unpaired) electrons. The zero-order valence-corrected chi connectivity index (χ0v) is 20.0. The normalized spacial score (nSPS) is 14.6. The van der Waals surface area contributed by atoms with Gasteiger partial charge in [-0.3, -0.25) is 24.1 Å². The molecular weight excluding hydrogens is 478 g/mol. The van der Waals surface area contributed by atoms with Gasteiger partial charge in [0.05, 0.1) is 28.6 Å². The molecule has 2 aliphatic rings. The molecule has 1 saturated heterocycles. The van der Waals surface area contributed by atoms with Crippen molar-refractivity contribution >= 4 is 44.1 Å². The van der Waals surface area contributed by atoms with Gasteiger partial charge in [-0.1, -0.05) is 0 Å². The highest BCUT2D eigenvalue weighted by atomic mass is 32.2. The number of nitrogens with zero attached hydrogens (tertiary/aromatic N) is 4. The average molecular weight is 504 g/mol. The Labute approximate surface area is 201 Å². The van der Waals surface area contributed by atoms with Gasteiger partial charge in [-0.15, -0.1) is 0 Å². The fraction of sp³-hybridized carbons (Fsp3) is 0.364. The lowest BCUT2D eigenvalue weighted by Gasteiger charge is -2.18. The van der Waals surface area contributed by atoms with Gasteiger partial charge in [0.25, 0.3) is 15.8 Å². The van der Waals surface area contributed by atoms with E-state index in [1.165, 1.54) is 25.8 Å². The third-order valence-electron chi connectivity index (χ3n) is 5.69. The van der Waals surface area contributed by atoms with Gasteiger partial charge in [-0.2, -0.15) is 13.5 Å². The molecule has 3 aromatic rings. The Morgan fingerprint density at radius 1 is 1.23 bits per heavy atom. The second-order valence-corrected chi connectivity index (χ2v) is 9.86. The van der Waals surface area contributed by atoms with Crippen LogP contribution < -0.4 is 10.1 Å². The van der Waals surface area contributed by atoms with Gasteiger partial charge in [-0.05, 0) is 50.2 Å². The number of nitro benzene ring substituents is 1. The number of aromatic nitrogens is 2. The van der Waals surface area contributed by atoms with Crippen LogP contribution in [0.3, 0.4) is 0 Å². The Hall–Kier alpha value is -3.55. The minimum atomic E-state index is -3.67. The number of carbonyl (C=O) groups excluding carboxylic acids is 1. The highest BCUT2D eigenvalue weighted by Crippen LogP contribution is 2.47. The first-order valence-electron chi connectivity index (χ1n) is 10.9. The zero-order valence-electron chi connectivity index (χ0n) is 19.2. The van der Waals surface area contributed by atoms with Crippen molar-refractivity contribution in [3.05, 3.63) is 40.4 Å². The van der Waals surface area contributed by atoms with E-state index >= 15 is 0 Å². The summed E-state index contributed by atoms with van der Waals surface area (Å²) in [4.78, 5) is 25.0. The first-order chi connectivity index (χ1) is 16.5. The summed E-state index contributed by atoms with van der Waals surface area (Å²) in [5.74, 6) is 0.00717. The molecule has 0 aliphatic carbocycles. The van der Waals surface area contributed by atoms with Crippen LogP contribution in [0.4, 0.5) is 17.1 Å². The molecule has 5 rings (SSSR count). The number of hydrogen-bond donors (Lipinski definition) is 2. The Morgan fingerprint density at radius 3 is 2.54 bits per heavy atom. The average Bonchev–Trinajstić information content (AvgIpc) is 3.40. The highest BCUT2D eigenvalue weighted by Gasteiger charge is 2.29. The van der Waals surface area contributed by atoms with Crippen molar-refractivity contribution in [1.82, 2.24) is 14.7 Å². The Bertz CT molecular complexity index is 1400. The van der Waals surface area contributed by atoms with Crippen molar-refractivity contribution in [2.75, 3.05) is 31.2 Å². The molecule has 35 heavy (non-hydrogen) atoms. The highest BCUT2D eigenvalue weighted by molar-refractivity contribution is 7.85. The summed E-state index contributed by atoms with van der Waals surface area (Å²) < 4.78 is 33.0. The predicted molar refractivity (Wildman–Crippen MR) is 130 cm³/mol. The van der Waals surface area contributed by atoms with Crippen LogP contribution in [0, 0.1) is 10.1 Å². The Balaban J connectivity index is 0.000000527. The second kappa shape index (κ2) is 9.60. The quantitative estimate of drug-likeness (QED) is 0.136. The smallest absolute Gasteiger partial charge is 0.308 e.